The van der Waals surface area contributed by atoms with Crippen molar-refractivity contribution in [2.45, 2.75) is 33.1 Å². The summed E-state index contributed by atoms with van der Waals surface area (Å²) in [7, 11) is 0. The average molecular weight is 880 g/mol. The van der Waals surface area contributed by atoms with Crippen molar-refractivity contribution in [3.63, 3.8) is 0 Å². The van der Waals surface area contributed by atoms with E-state index < -0.39 is 23.5 Å². The van der Waals surface area contributed by atoms with E-state index in [4.69, 9.17) is 9.97 Å². The molecule has 0 bridgehead atoms. The Morgan fingerprint density at radius 1 is 0.394 bits per heavy atom. The predicted molar refractivity (Wildman–Crippen MR) is 253 cm³/mol. The SMILES string of the molecule is Cc1cc(C)c(-c2ccc3c(c2)c2ccccc2n3-c2c(-c3cccc(C(F)(F)F)c3)cc(-c3nc(-c4ccccc4)cc(-c4ccccc4)n3)cc2-c2cccc(C(F)(F)F)c2)c(C)c1. The van der Waals surface area contributed by atoms with Gasteiger partial charge in [-0.25, -0.2) is 9.97 Å². The second-order valence-electron chi connectivity index (χ2n) is 16.6. The molecule has 324 valence electrons. The van der Waals surface area contributed by atoms with Gasteiger partial charge in [0.2, 0.25) is 0 Å². The van der Waals surface area contributed by atoms with Gasteiger partial charge in [-0.1, -0.05) is 127 Å². The van der Waals surface area contributed by atoms with Crippen LogP contribution in [0.5, 0.6) is 0 Å². The van der Waals surface area contributed by atoms with E-state index in [9.17, 15) is 26.3 Å². The van der Waals surface area contributed by atoms with Crippen molar-refractivity contribution in [2.24, 2.45) is 0 Å². The molecule has 10 rings (SSSR count). The molecule has 0 saturated heterocycles. The maximum Gasteiger partial charge on any atom is 0.416 e. The molecule has 10 aromatic rings. The van der Waals surface area contributed by atoms with Crippen LogP contribution in [0.2, 0.25) is 0 Å². The summed E-state index contributed by atoms with van der Waals surface area (Å²) in [6.45, 7) is 6.22. The predicted octanol–water partition coefficient (Wildman–Crippen LogP) is 16.5. The van der Waals surface area contributed by atoms with Gasteiger partial charge in [0.1, 0.15) is 0 Å². The lowest BCUT2D eigenvalue weighted by molar-refractivity contribution is -0.138. The van der Waals surface area contributed by atoms with Gasteiger partial charge in [-0.2, -0.15) is 26.3 Å². The van der Waals surface area contributed by atoms with Gasteiger partial charge in [0, 0.05) is 38.6 Å². The van der Waals surface area contributed by atoms with Gasteiger partial charge in [-0.05, 0) is 115 Å². The van der Waals surface area contributed by atoms with E-state index in [2.05, 4.69) is 39.0 Å². The van der Waals surface area contributed by atoms with E-state index in [0.29, 0.717) is 44.8 Å². The van der Waals surface area contributed by atoms with E-state index in [-0.39, 0.29) is 17.0 Å². The van der Waals surface area contributed by atoms with E-state index in [1.54, 1.807) is 24.3 Å². The molecule has 0 aliphatic carbocycles. The Hall–Kier alpha value is -7.78. The fraction of sp³-hybridized carbons (Fsp3) is 0.0877. The largest absolute Gasteiger partial charge is 0.416 e. The van der Waals surface area contributed by atoms with Crippen LogP contribution in [0, 0.1) is 20.8 Å². The van der Waals surface area contributed by atoms with Crippen LogP contribution in [0.3, 0.4) is 0 Å². The number of rotatable bonds is 7. The van der Waals surface area contributed by atoms with Crippen molar-refractivity contribution < 1.29 is 26.3 Å². The standard InChI is InChI=1S/C57H39F6N3/c1-34-26-35(2)53(36(3)27-34)41-24-25-52-48(30-41)45-22-10-11-23-51(45)66(52)54-46(39-18-12-20-43(28-39)56(58,59)60)31-42(32-47(54)40-19-13-21-44(29-40)57(61,62)63)55-64-49(37-14-6-4-7-15-37)33-50(65-55)38-16-8-5-9-17-38/h4-33H,1-3H3. The molecule has 2 heterocycles. The number of aryl methyl sites for hydroxylation is 3. The van der Waals surface area contributed by atoms with Gasteiger partial charge < -0.3 is 4.57 Å². The van der Waals surface area contributed by atoms with E-state index >= 15 is 0 Å². The number of hydrogen-bond donors (Lipinski definition) is 0. The molecule has 8 aromatic carbocycles. The van der Waals surface area contributed by atoms with E-state index in [1.807, 2.05) is 108 Å². The average Bonchev–Trinajstić information content (AvgIpc) is 3.64. The quantitative estimate of drug-likeness (QED) is 0.149. The highest BCUT2D eigenvalue weighted by molar-refractivity contribution is 6.12. The van der Waals surface area contributed by atoms with Crippen molar-refractivity contribution in [1.29, 1.82) is 0 Å². The van der Waals surface area contributed by atoms with Gasteiger partial charge in [-0.15, -0.1) is 0 Å². The first-order chi connectivity index (χ1) is 31.7. The maximum absolute atomic E-state index is 14.7. The number of aromatic nitrogens is 3. The van der Waals surface area contributed by atoms with Gasteiger partial charge in [-0.3, -0.25) is 0 Å². The summed E-state index contributed by atoms with van der Waals surface area (Å²) in [5.74, 6) is 0.235. The van der Waals surface area contributed by atoms with Crippen molar-refractivity contribution in [2.75, 3.05) is 0 Å². The van der Waals surface area contributed by atoms with Gasteiger partial charge in [0.05, 0.1) is 39.2 Å². The topological polar surface area (TPSA) is 30.7 Å². The fourth-order valence-corrected chi connectivity index (χ4v) is 9.27. The third-order valence-electron chi connectivity index (χ3n) is 12.1. The highest BCUT2D eigenvalue weighted by Gasteiger charge is 2.33. The molecule has 0 aliphatic heterocycles. The van der Waals surface area contributed by atoms with Crippen LogP contribution in [0.15, 0.2) is 182 Å². The Labute approximate surface area is 377 Å². The minimum atomic E-state index is -4.69. The molecule has 3 nitrogen and oxygen atoms in total. The molecular weight excluding hydrogens is 841 g/mol. The zero-order valence-electron chi connectivity index (χ0n) is 35.9. The number of nitrogens with zero attached hydrogens (tertiary/aromatic N) is 3. The second kappa shape index (κ2) is 16.3. The molecule has 0 amide bonds. The highest BCUT2D eigenvalue weighted by Crippen LogP contribution is 2.46. The molecule has 0 fully saturated rings. The Morgan fingerprint density at radius 2 is 0.879 bits per heavy atom. The van der Waals surface area contributed by atoms with Crippen LogP contribution in [-0.4, -0.2) is 14.5 Å². The first-order valence-corrected chi connectivity index (χ1v) is 21.4. The van der Waals surface area contributed by atoms with E-state index in [1.165, 1.54) is 12.1 Å². The fourth-order valence-electron chi connectivity index (χ4n) is 9.27. The molecule has 9 heteroatoms. The summed E-state index contributed by atoms with van der Waals surface area (Å²) in [5, 5.41) is 1.72. The van der Waals surface area contributed by atoms with Crippen LogP contribution in [0.25, 0.3) is 94.8 Å². The number of alkyl halides is 6. The van der Waals surface area contributed by atoms with Crippen molar-refractivity contribution in [3.8, 4) is 73.0 Å². The normalized spacial score (nSPS) is 12.0. The molecule has 0 saturated carbocycles. The van der Waals surface area contributed by atoms with E-state index in [0.717, 1.165) is 74.0 Å². The number of hydrogen-bond acceptors (Lipinski definition) is 2. The lowest BCUT2D eigenvalue weighted by Crippen LogP contribution is -2.07. The highest BCUT2D eigenvalue weighted by atomic mass is 19.4. The van der Waals surface area contributed by atoms with Crippen LogP contribution in [0.4, 0.5) is 26.3 Å². The summed E-state index contributed by atoms with van der Waals surface area (Å²) in [6, 6.07) is 52.6. The number of halogens is 6. The number of benzene rings is 8. The molecule has 0 atom stereocenters. The molecule has 66 heavy (non-hydrogen) atoms. The third-order valence-corrected chi connectivity index (χ3v) is 12.1. The Kier molecular flexibility index (Phi) is 10.4. The minimum absolute atomic E-state index is 0.200. The smallest absolute Gasteiger partial charge is 0.308 e. The Bertz CT molecular complexity index is 3320. The van der Waals surface area contributed by atoms with Gasteiger partial charge in [0.15, 0.2) is 5.82 Å². The third kappa shape index (κ3) is 7.80. The Balaban J connectivity index is 1.35. The number of fused-ring (bicyclic) bond motifs is 3. The van der Waals surface area contributed by atoms with Crippen LogP contribution >= 0.6 is 0 Å². The molecule has 0 spiro atoms. The summed E-state index contributed by atoms with van der Waals surface area (Å²) >= 11 is 0. The van der Waals surface area contributed by atoms with Crippen LogP contribution in [0.1, 0.15) is 27.8 Å². The number of para-hydroxylation sites is 1. The summed E-state index contributed by atoms with van der Waals surface area (Å²) in [5.41, 5.74) is 9.73. The van der Waals surface area contributed by atoms with Crippen molar-refractivity contribution in [3.05, 3.63) is 210 Å². The lowest BCUT2D eigenvalue weighted by Gasteiger charge is -2.22. The molecule has 0 unspecified atom stereocenters. The zero-order valence-corrected chi connectivity index (χ0v) is 35.9. The first-order valence-electron chi connectivity index (χ1n) is 21.4. The van der Waals surface area contributed by atoms with Gasteiger partial charge in [0.25, 0.3) is 0 Å². The molecule has 0 N–H and O–H groups in total. The summed E-state index contributed by atoms with van der Waals surface area (Å²) in [4.78, 5) is 10.1. The summed E-state index contributed by atoms with van der Waals surface area (Å²) in [6.07, 6.45) is -9.38. The van der Waals surface area contributed by atoms with Crippen molar-refractivity contribution in [1.82, 2.24) is 14.5 Å². The van der Waals surface area contributed by atoms with Crippen LogP contribution in [-0.2, 0) is 12.4 Å². The van der Waals surface area contributed by atoms with Crippen LogP contribution < -0.4 is 0 Å². The lowest BCUT2D eigenvalue weighted by atomic mass is 9.91. The summed E-state index contributed by atoms with van der Waals surface area (Å²) < 4.78 is 89.9. The first kappa shape index (κ1) is 42.2. The Morgan fingerprint density at radius 3 is 1.41 bits per heavy atom. The monoisotopic (exact) mass is 879 g/mol. The zero-order chi connectivity index (χ0) is 45.9. The molecular formula is C57H39F6N3. The molecule has 0 aliphatic rings. The van der Waals surface area contributed by atoms with Crippen molar-refractivity contribution >= 4 is 21.8 Å². The maximum atomic E-state index is 14.7. The molecule has 0 radical (unpaired) electrons. The minimum Gasteiger partial charge on any atom is -0.308 e. The second-order valence-corrected chi connectivity index (χ2v) is 16.6. The molecule has 2 aromatic heterocycles. The van der Waals surface area contributed by atoms with Gasteiger partial charge >= 0.3 is 12.4 Å².